The molecule has 2 heteroatoms. The van der Waals surface area contributed by atoms with Gasteiger partial charge in [-0.05, 0) is 25.0 Å². The first-order valence-corrected chi connectivity index (χ1v) is 4.33. The predicted molar refractivity (Wildman–Crippen MR) is 52.8 cm³/mol. The summed E-state index contributed by atoms with van der Waals surface area (Å²) in [7, 11) is 0. The maximum absolute atomic E-state index is 10.8. The second-order valence-electron chi connectivity index (χ2n) is 2.96. The number of hydrogen-bond acceptors (Lipinski definition) is 2. The number of benzene rings is 1. The van der Waals surface area contributed by atoms with E-state index in [0.29, 0.717) is 6.42 Å². The number of thiol groups is 1. The van der Waals surface area contributed by atoms with E-state index in [4.69, 9.17) is 0 Å². The molecular weight excluding hydrogens is 168 g/mol. The average molecular weight is 180 g/mol. The van der Waals surface area contributed by atoms with Crippen LogP contribution in [0.3, 0.4) is 0 Å². The number of Topliss-reactive ketones (excluding diaryl/α,β-unsaturated/α-hetero) is 1. The number of hydrogen-bond donors (Lipinski definition) is 1. The van der Waals surface area contributed by atoms with Crippen LogP contribution in [0.4, 0.5) is 0 Å². The van der Waals surface area contributed by atoms with Gasteiger partial charge in [0.05, 0.1) is 0 Å². The van der Waals surface area contributed by atoms with Crippen molar-refractivity contribution >= 4 is 18.4 Å². The molecule has 0 unspecified atom stereocenters. The first-order valence-electron chi connectivity index (χ1n) is 3.88. The van der Waals surface area contributed by atoms with Crippen molar-refractivity contribution < 1.29 is 4.79 Å². The van der Waals surface area contributed by atoms with Crippen LogP contribution in [0, 0.1) is 6.92 Å². The van der Waals surface area contributed by atoms with Gasteiger partial charge in [-0.2, -0.15) is 0 Å². The molecule has 1 nitrogen and oxygen atoms in total. The summed E-state index contributed by atoms with van der Waals surface area (Å²) < 4.78 is 0. The number of carbonyl (C=O) groups is 1. The second kappa shape index (κ2) is 3.76. The van der Waals surface area contributed by atoms with Gasteiger partial charge in [-0.25, -0.2) is 0 Å². The predicted octanol–water partition coefficient (Wildman–Crippen LogP) is 2.42. The normalized spacial score (nSPS) is 9.92. The van der Waals surface area contributed by atoms with Crippen LogP contribution in [0.5, 0.6) is 0 Å². The summed E-state index contributed by atoms with van der Waals surface area (Å²) in [6, 6.07) is 5.88. The molecule has 0 amide bonds. The molecule has 1 aromatic carbocycles. The Kier molecular flexibility index (Phi) is 2.93. The highest BCUT2D eigenvalue weighted by molar-refractivity contribution is 7.80. The zero-order valence-corrected chi connectivity index (χ0v) is 8.19. The van der Waals surface area contributed by atoms with E-state index in [1.807, 2.05) is 25.1 Å². The molecule has 64 valence electrons. The topological polar surface area (TPSA) is 17.1 Å². The van der Waals surface area contributed by atoms with Gasteiger partial charge in [-0.1, -0.05) is 18.2 Å². The van der Waals surface area contributed by atoms with Crippen molar-refractivity contribution in [2.45, 2.75) is 25.2 Å². The summed E-state index contributed by atoms with van der Waals surface area (Å²) in [5, 5.41) is 0. The van der Waals surface area contributed by atoms with Crippen LogP contribution >= 0.6 is 12.6 Å². The van der Waals surface area contributed by atoms with Gasteiger partial charge < -0.3 is 0 Å². The fourth-order valence-corrected chi connectivity index (χ4v) is 1.36. The van der Waals surface area contributed by atoms with Crippen LogP contribution in [-0.2, 0) is 11.2 Å². The fourth-order valence-electron chi connectivity index (χ4n) is 1.13. The van der Waals surface area contributed by atoms with Crippen molar-refractivity contribution in [3.63, 3.8) is 0 Å². The number of carbonyl (C=O) groups excluding carboxylic acids is 1. The molecule has 0 saturated heterocycles. The maximum Gasteiger partial charge on any atom is 0.134 e. The smallest absolute Gasteiger partial charge is 0.134 e. The van der Waals surface area contributed by atoms with Gasteiger partial charge in [0.2, 0.25) is 0 Å². The van der Waals surface area contributed by atoms with Gasteiger partial charge >= 0.3 is 0 Å². The van der Waals surface area contributed by atoms with E-state index < -0.39 is 0 Å². The molecule has 0 aliphatic rings. The van der Waals surface area contributed by atoms with Crippen molar-refractivity contribution in [3.8, 4) is 0 Å². The molecule has 0 aliphatic heterocycles. The van der Waals surface area contributed by atoms with Crippen molar-refractivity contribution in [3.05, 3.63) is 29.3 Å². The lowest BCUT2D eigenvalue weighted by Crippen LogP contribution is -1.98. The van der Waals surface area contributed by atoms with E-state index in [1.165, 1.54) is 0 Å². The highest BCUT2D eigenvalue weighted by Crippen LogP contribution is 2.18. The van der Waals surface area contributed by atoms with Crippen LogP contribution in [0.25, 0.3) is 0 Å². The van der Waals surface area contributed by atoms with Crippen LogP contribution in [-0.4, -0.2) is 5.78 Å². The van der Waals surface area contributed by atoms with E-state index >= 15 is 0 Å². The van der Waals surface area contributed by atoms with Crippen molar-refractivity contribution in [2.75, 3.05) is 0 Å². The van der Waals surface area contributed by atoms with Gasteiger partial charge in [0, 0.05) is 11.3 Å². The molecule has 0 heterocycles. The second-order valence-corrected chi connectivity index (χ2v) is 3.41. The standard InChI is InChI=1S/C10H12OS/c1-7-4-3-5-9(10(7)12)6-8(2)11/h3-5,12H,6H2,1-2H3. The van der Waals surface area contributed by atoms with Crippen LogP contribution < -0.4 is 0 Å². The lowest BCUT2D eigenvalue weighted by Gasteiger charge is -2.04. The molecule has 0 fully saturated rings. The first-order chi connectivity index (χ1) is 5.61. The van der Waals surface area contributed by atoms with Gasteiger partial charge in [-0.3, -0.25) is 4.79 Å². The Morgan fingerprint density at radius 2 is 2.17 bits per heavy atom. The molecule has 0 bridgehead atoms. The SMILES string of the molecule is CC(=O)Cc1cccc(C)c1S. The summed E-state index contributed by atoms with van der Waals surface area (Å²) in [4.78, 5) is 11.8. The Labute approximate surface area is 78.2 Å². The highest BCUT2D eigenvalue weighted by Gasteiger charge is 2.03. The molecular formula is C10H12OS. The maximum atomic E-state index is 10.8. The largest absolute Gasteiger partial charge is 0.300 e. The van der Waals surface area contributed by atoms with Gasteiger partial charge in [0.1, 0.15) is 5.78 Å². The minimum absolute atomic E-state index is 0.177. The van der Waals surface area contributed by atoms with Crippen molar-refractivity contribution in [1.29, 1.82) is 0 Å². The lowest BCUT2D eigenvalue weighted by atomic mass is 10.1. The quantitative estimate of drug-likeness (QED) is 0.692. The van der Waals surface area contributed by atoms with Crippen molar-refractivity contribution in [1.82, 2.24) is 0 Å². The van der Waals surface area contributed by atoms with Crippen LogP contribution in [0.15, 0.2) is 23.1 Å². The third-order valence-electron chi connectivity index (χ3n) is 1.76. The highest BCUT2D eigenvalue weighted by atomic mass is 32.1. The summed E-state index contributed by atoms with van der Waals surface area (Å²) in [6.07, 6.45) is 0.487. The number of aryl methyl sites for hydroxylation is 1. The lowest BCUT2D eigenvalue weighted by molar-refractivity contribution is -0.116. The van der Waals surface area contributed by atoms with Crippen LogP contribution in [0.2, 0.25) is 0 Å². The van der Waals surface area contributed by atoms with E-state index in [-0.39, 0.29) is 5.78 Å². The fraction of sp³-hybridized carbons (Fsp3) is 0.300. The molecule has 0 radical (unpaired) electrons. The minimum atomic E-state index is 0.177. The molecule has 0 spiro atoms. The molecule has 0 atom stereocenters. The Morgan fingerprint density at radius 1 is 1.50 bits per heavy atom. The Hall–Kier alpha value is -0.760. The summed E-state index contributed by atoms with van der Waals surface area (Å²) in [6.45, 7) is 3.58. The molecule has 0 aromatic heterocycles. The van der Waals surface area contributed by atoms with Crippen LogP contribution in [0.1, 0.15) is 18.1 Å². The molecule has 0 aliphatic carbocycles. The monoisotopic (exact) mass is 180 g/mol. The zero-order chi connectivity index (χ0) is 9.14. The Bertz CT molecular complexity index is 305. The Balaban J connectivity index is 3.00. The molecule has 0 saturated carbocycles. The third-order valence-corrected chi connectivity index (χ3v) is 2.40. The first kappa shape index (κ1) is 9.33. The molecule has 0 N–H and O–H groups in total. The van der Waals surface area contributed by atoms with Crippen molar-refractivity contribution in [2.24, 2.45) is 0 Å². The number of rotatable bonds is 2. The van der Waals surface area contributed by atoms with Gasteiger partial charge in [-0.15, -0.1) is 12.6 Å². The van der Waals surface area contributed by atoms with E-state index in [0.717, 1.165) is 16.0 Å². The molecule has 1 rings (SSSR count). The zero-order valence-electron chi connectivity index (χ0n) is 7.29. The van der Waals surface area contributed by atoms with Gasteiger partial charge in [0.15, 0.2) is 0 Å². The minimum Gasteiger partial charge on any atom is -0.300 e. The third kappa shape index (κ3) is 2.11. The van der Waals surface area contributed by atoms with E-state index in [2.05, 4.69) is 12.6 Å². The number of ketones is 1. The average Bonchev–Trinajstić information content (AvgIpc) is 1.98. The van der Waals surface area contributed by atoms with E-state index in [9.17, 15) is 4.79 Å². The summed E-state index contributed by atoms with van der Waals surface area (Å²) in [5.74, 6) is 0.177. The molecule has 1 aromatic rings. The van der Waals surface area contributed by atoms with Gasteiger partial charge in [0.25, 0.3) is 0 Å². The summed E-state index contributed by atoms with van der Waals surface area (Å²) >= 11 is 4.33. The molecule has 12 heavy (non-hydrogen) atoms. The summed E-state index contributed by atoms with van der Waals surface area (Å²) in [5.41, 5.74) is 2.14. The Morgan fingerprint density at radius 3 is 2.75 bits per heavy atom. The van der Waals surface area contributed by atoms with E-state index in [1.54, 1.807) is 6.92 Å².